The smallest absolute Gasteiger partial charge is 0.275 e. The number of carbonyl (C=O) groups excluding carboxylic acids is 1. The van der Waals surface area contributed by atoms with Gasteiger partial charge in [-0.15, -0.1) is 0 Å². The Balaban J connectivity index is 1.66. The van der Waals surface area contributed by atoms with Crippen molar-refractivity contribution in [2.45, 2.75) is 6.54 Å². The Hall–Kier alpha value is -3.03. The van der Waals surface area contributed by atoms with E-state index >= 15 is 0 Å². The fraction of sp³-hybridized carbons (Fsp3) is 0.0556. The topological polar surface area (TPSA) is 85.6 Å². The van der Waals surface area contributed by atoms with Gasteiger partial charge in [-0.25, -0.2) is 15.0 Å². The molecule has 9 heteroatoms. The van der Waals surface area contributed by atoms with E-state index < -0.39 is 0 Å². The van der Waals surface area contributed by atoms with Crippen molar-refractivity contribution in [2.75, 3.05) is 5.32 Å². The molecule has 0 radical (unpaired) electrons. The number of nitrogens with one attached hydrogen (secondary N) is 1. The maximum atomic E-state index is 12.3. The first-order chi connectivity index (χ1) is 13.1. The summed E-state index contributed by atoms with van der Waals surface area (Å²) >= 11 is 12.5. The van der Waals surface area contributed by atoms with E-state index in [0.717, 1.165) is 5.56 Å². The number of imidazole rings is 1. The van der Waals surface area contributed by atoms with E-state index in [2.05, 4.69) is 25.3 Å². The third-order valence-electron chi connectivity index (χ3n) is 3.92. The van der Waals surface area contributed by atoms with Crippen molar-refractivity contribution in [3.05, 3.63) is 76.6 Å². The zero-order chi connectivity index (χ0) is 18.8. The molecule has 3 heterocycles. The first-order valence-electron chi connectivity index (χ1n) is 7.94. The summed E-state index contributed by atoms with van der Waals surface area (Å²) in [6.07, 6.45) is 4.52. The van der Waals surface area contributed by atoms with Gasteiger partial charge in [0.2, 0.25) is 0 Å². The molecule has 134 valence electrons. The van der Waals surface area contributed by atoms with Crippen molar-refractivity contribution in [2.24, 2.45) is 0 Å². The molecule has 0 atom stereocenters. The van der Waals surface area contributed by atoms with E-state index in [1.165, 1.54) is 6.33 Å². The summed E-state index contributed by atoms with van der Waals surface area (Å²) in [5, 5.41) is 3.82. The van der Waals surface area contributed by atoms with Gasteiger partial charge in [-0.1, -0.05) is 35.3 Å². The first kappa shape index (κ1) is 17.4. The predicted octanol–water partition coefficient (Wildman–Crippen LogP) is 3.78. The van der Waals surface area contributed by atoms with Crippen LogP contribution in [0.4, 0.5) is 5.82 Å². The van der Waals surface area contributed by atoms with E-state index in [1.807, 2.05) is 0 Å². The maximum absolute atomic E-state index is 12.3. The van der Waals surface area contributed by atoms with Crippen LogP contribution >= 0.6 is 23.2 Å². The molecular weight excluding hydrogens is 387 g/mol. The Morgan fingerprint density at radius 2 is 1.81 bits per heavy atom. The SMILES string of the molecule is O=C(Nc1ncn(Cc2c(Cl)cccc2Cl)c2ncnc1-2)c1ccccn1. The van der Waals surface area contributed by atoms with Gasteiger partial charge >= 0.3 is 0 Å². The highest BCUT2D eigenvalue weighted by Gasteiger charge is 2.20. The lowest BCUT2D eigenvalue weighted by atomic mass is 10.2. The van der Waals surface area contributed by atoms with Crippen molar-refractivity contribution in [3.63, 3.8) is 0 Å². The zero-order valence-corrected chi connectivity index (χ0v) is 15.3. The minimum absolute atomic E-state index is 0.284. The number of nitrogens with zero attached hydrogens (tertiary/aromatic N) is 5. The van der Waals surface area contributed by atoms with Gasteiger partial charge in [-0.2, -0.15) is 0 Å². The molecule has 1 amide bonds. The van der Waals surface area contributed by atoms with Crippen LogP contribution in [-0.4, -0.2) is 30.4 Å². The van der Waals surface area contributed by atoms with Crippen molar-refractivity contribution >= 4 is 34.9 Å². The predicted molar refractivity (Wildman–Crippen MR) is 102 cm³/mol. The summed E-state index contributed by atoms with van der Waals surface area (Å²) in [4.78, 5) is 29.2. The number of hydrogen-bond acceptors (Lipinski definition) is 5. The zero-order valence-electron chi connectivity index (χ0n) is 13.8. The minimum atomic E-state index is -0.376. The summed E-state index contributed by atoms with van der Waals surface area (Å²) < 4.78 is 1.77. The van der Waals surface area contributed by atoms with Gasteiger partial charge in [0, 0.05) is 21.8 Å². The number of amides is 1. The maximum Gasteiger partial charge on any atom is 0.275 e. The Kier molecular flexibility index (Phi) is 4.70. The number of fused-ring (bicyclic) bond motifs is 1. The summed E-state index contributed by atoms with van der Waals surface area (Å²) in [5.74, 6) is 0.483. The van der Waals surface area contributed by atoms with Gasteiger partial charge < -0.3 is 9.88 Å². The van der Waals surface area contributed by atoms with Crippen LogP contribution in [0.2, 0.25) is 10.0 Å². The van der Waals surface area contributed by atoms with Crippen LogP contribution in [0, 0.1) is 0 Å². The number of halogens is 2. The normalized spacial score (nSPS) is 10.9. The number of anilines is 1. The highest BCUT2D eigenvalue weighted by Crippen LogP contribution is 2.29. The van der Waals surface area contributed by atoms with Crippen LogP contribution in [0.5, 0.6) is 0 Å². The van der Waals surface area contributed by atoms with Crippen LogP contribution < -0.4 is 5.32 Å². The Labute approximate surface area is 164 Å². The van der Waals surface area contributed by atoms with E-state index in [0.29, 0.717) is 33.9 Å². The average molecular weight is 399 g/mol. The Morgan fingerprint density at radius 3 is 2.56 bits per heavy atom. The molecule has 1 N–H and O–H groups in total. The third-order valence-corrected chi connectivity index (χ3v) is 4.63. The summed E-state index contributed by atoms with van der Waals surface area (Å²) in [6.45, 7) is 0.370. The third kappa shape index (κ3) is 3.47. The number of rotatable bonds is 4. The molecule has 0 aliphatic carbocycles. The van der Waals surface area contributed by atoms with Gasteiger partial charge in [0.05, 0.1) is 12.9 Å². The highest BCUT2D eigenvalue weighted by molar-refractivity contribution is 6.36. The van der Waals surface area contributed by atoms with Crippen LogP contribution in [0.3, 0.4) is 0 Å². The molecule has 2 aliphatic rings. The molecule has 2 aliphatic heterocycles. The minimum Gasteiger partial charge on any atom is -0.310 e. The standard InChI is InChI=1S/C18H12Cl2N6O/c19-12-4-3-5-13(20)11(12)8-26-10-24-16(15-17(26)23-9-22-15)25-18(27)14-6-1-2-7-21-14/h1-7,9-10H,8H2,(H,25,27). The van der Waals surface area contributed by atoms with E-state index in [4.69, 9.17) is 23.2 Å². The second-order valence-corrected chi connectivity index (χ2v) is 6.45. The first-order valence-corrected chi connectivity index (χ1v) is 8.70. The largest absolute Gasteiger partial charge is 0.310 e. The molecule has 1 aromatic heterocycles. The Bertz CT molecular complexity index is 1060. The van der Waals surface area contributed by atoms with Crippen molar-refractivity contribution in [3.8, 4) is 11.5 Å². The van der Waals surface area contributed by atoms with Gasteiger partial charge in [-0.05, 0) is 24.3 Å². The van der Waals surface area contributed by atoms with E-state index in [9.17, 15) is 4.79 Å². The molecular formula is C18H12Cl2N6O. The molecule has 0 saturated carbocycles. The quantitative estimate of drug-likeness (QED) is 0.565. The molecule has 0 fully saturated rings. The highest BCUT2D eigenvalue weighted by atomic mass is 35.5. The fourth-order valence-electron chi connectivity index (χ4n) is 2.61. The lowest BCUT2D eigenvalue weighted by molar-refractivity contribution is 0.102. The van der Waals surface area contributed by atoms with Crippen LogP contribution in [0.25, 0.3) is 11.5 Å². The van der Waals surface area contributed by atoms with Crippen molar-refractivity contribution in [1.29, 1.82) is 0 Å². The van der Waals surface area contributed by atoms with Gasteiger partial charge in [0.15, 0.2) is 17.3 Å². The lowest BCUT2D eigenvalue weighted by Crippen LogP contribution is -2.17. The van der Waals surface area contributed by atoms with E-state index in [-0.39, 0.29) is 11.6 Å². The summed E-state index contributed by atoms with van der Waals surface area (Å²) in [5.41, 5.74) is 1.50. The molecule has 0 spiro atoms. The van der Waals surface area contributed by atoms with Crippen molar-refractivity contribution in [1.82, 2.24) is 24.5 Å². The van der Waals surface area contributed by atoms with Gasteiger partial charge in [0.1, 0.15) is 12.0 Å². The van der Waals surface area contributed by atoms with Gasteiger partial charge in [0.25, 0.3) is 5.91 Å². The molecule has 2 aromatic rings. The van der Waals surface area contributed by atoms with Crippen LogP contribution in [0.15, 0.2) is 55.2 Å². The average Bonchev–Trinajstić information content (AvgIpc) is 3.17. The van der Waals surface area contributed by atoms with Crippen LogP contribution in [0.1, 0.15) is 16.1 Å². The molecule has 4 rings (SSSR count). The van der Waals surface area contributed by atoms with Crippen LogP contribution in [-0.2, 0) is 6.54 Å². The number of aromatic nitrogens is 5. The molecule has 0 unspecified atom stereocenters. The lowest BCUT2D eigenvalue weighted by Gasteiger charge is -2.15. The number of hydrogen-bond donors (Lipinski definition) is 1. The summed E-state index contributed by atoms with van der Waals surface area (Å²) in [6, 6.07) is 10.4. The van der Waals surface area contributed by atoms with Gasteiger partial charge in [-0.3, -0.25) is 9.78 Å². The number of pyridine rings is 1. The molecule has 1 aromatic carbocycles. The molecule has 27 heavy (non-hydrogen) atoms. The molecule has 0 saturated heterocycles. The number of carbonyl (C=O) groups is 1. The fourth-order valence-corrected chi connectivity index (χ4v) is 3.13. The Morgan fingerprint density at radius 1 is 1.00 bits per heavy atom. The molecule has 7 nitrogen and oxygen atoms in total. The second kappa shape index (κ2) is 7.30. The number of benzene rings is 1. The monoisotopic (exact) mass is 398 g/mol. The second-order valence-electron chi connectivity index (χ2n) is 5.64. The summed E-state index contributed by atoms with van der Waals surface area (Å²) in [7, 11) is 0. The molecule has 0 bridgehead atoms. The van der Waals surface area contributed by atoms with E-state index in [1.54, 1.807) is 53.5 Å². The van der Waals surface area contributed by atoms with Crippen molar-refractivity contribution < 1.29 is 4.79 Å².